The standard InChI is InChI=1S/C18H27BClN5O3/c1-10(2)16(25-19)17(28)22-8-7-14(26)23-18(21)24-15(27)9-12-11(3)5-4-6-13(12)20/h4-6,10,16,25H,7-9,19H2,1-3H3,(H,22,28)(H3,21,23,24,26,27)/t16-/m0/s1. The number of nitrogens with one attached hydrogen (secondary N) is 5. The Bertz CT molecular complexity index is 722. The van der Waals surface area contributed by atoms with E-state index in [0.717, 1.165) is 5.56 Å². The van der Waals surface area contributed by atoms with Gasteiger partial charge in [0.25, 0.3) is 0 Å². The first kappa shape index (κ1) is 23.7. The highest BCUT2D eigenvalue weighted by atomic mass is 35.5. The van der Waals surface area contributed by atoms with Crippen LogP contribution in [-0.2, 0) is 20.8 Å². The molecular weight excluding hydrogens is 380 g/mol. The van der Waals surface area contributed by atoms with Crippen LogP contribution in [0.5, 0.6) is 0 Å². The molecule has 0 heterocycles. The number of benzene rings is 1. The highest BCUT2D eigenvalue weighted by molar-refractivity contribution is 6.31. The van der Waals surface area contributed by atoms with Gasteiger partial charge in [0.05, 0.1) is 12.5 Å². The molecule has 10 heteroatoms. The van der Waals surface area contributed by atoms with Crippen LogP contribution in [0.25, 0.3) is 0 Å². The highest BCUT2D eigenvalue weighted by Gasteiger charge is 2.19. The minimum atomic E-state index is -0.481. The van der Waals surface area contributed by atoms with Crippen molar-refractivity contribution in [3.63, 3.8) is 0 Å². The molecule has 0 unspecified atom stereocenters. The third-order valence-electron chi connectivity index (χ3n) is 4.13. The van der Waals surface area contributed by atoms with Crippen molar-refractivity contribution in [3.05, 3.63) is 34.3 Å². The third kappa shape index (κ3) is 7.70. The average molecular weight is 408 g/mol. The van der Waals surface area contributed by atoms with E-state index in [0.29, 0.717) is 10.6 Å². The molecule has 0 saturated carbocycles. The molecule has 0 aliphatic carbocycles. The number of amides is 3. The van der Waals surface area contributed by atoms with Crippen molar-refractivity contribution in [2.45, 2.75) is 39.7 Å². The van der Waals surface area contributed by atoms with Crippen molar-refractivity contribution in [2.24, 2.45) is 5.92 Å². The fourth-order valence-electron chi connectivity index (χ4n) is 2.64. The molecule has 0 fully saturated rings. The molecule has 28 heavy (non-hydrogen) atoms. The van der Waals surface area contributed by atoms with Crippen LogP contribution in [0.4, 0.5) is 0 Å². The summed E-state index contributed by atoms with van der Waals surface area (Å²) in [4.78, 5) is 35.9. The number of aryl methyl sites for hydroxylation is 1. The molecule has 0 aliphatic rings. The predicted molar refractivity (Wildman–Crippen MR) is 112 cm³/mol. The molecule has 5 N–H and O–H groups in total. The monoisotopic (exact) mass is 407 g/mol. The minimum absolute atomic E-state index is 0.000420. The van der Waals surface area contributed by atoms with Gasteiger partial charge in [0, 0.05) is 18.0 Å². The van der Waals surface area contributed by atoms with E-state index in [9.17, 15) is 14.4 Å². The second-order valence-corrected chi connectivity index (χ2v) is 7.14. The van der Waals surface area contributed by atoms with Gasteiger partial charge in [0.15, 0.2) is 7.98 Å². The topological polar surface area (TPSA) is 123 Å². The number of rotatable bonds is 8. The second kappa shape index (κ2) is 11.5. The molecule has 0 aromatic heterocycles. The molecule has 0 aliphatic heterocycles. The molecule has 1 rings (SSSR count). The molecule has 1 aromatic carbocycles. The number of halogens is 1. The largest absolute Gasteiger partial charge is 0.354 e. The Morgan fingerprint density at radius 3 is 2.39 bits per heavy atom. The van der Waals surface area contributed by atoms with Crippen LogP contribution in [-0.4, -0.2) is 44.2 Å². The van der Waals surface area contributed by atoms with Gasteiger partial charge in [-0.3, -0.25) is 30.4 Å². The van der Waals surface area contributed by atoms with Crippen molar-refractivity contribution in [1.82, 2.24) is 21.2 Å². The summed E-state index contributed by atoms with van der Waals surface area (Å²) in [5, 5.41) is 18.4. The van der Waals surface area contributed by atoms with Crippen molar-refractivity contribution in [1.29, 1.82) is 5.41 Å². The predicted octanol–water partition coefficient (Wildman–Crippen LogP) is 0.0267. The van der Waals surface area contributed by atoms with E-state index in [1.54, 1.807) is 20.1 Å². The summed E-state index contributed by atoms with van der Waals surface area (Å²) < 4.78 is 0. The van der Waals surface area contributed by atoms with E-state index in [1.165, 1.54) is 0 Å². The van der Waals surface area contributed by atoms with Crippen molar-refractivity contribution in [2.75, 3.05) is 6.54 Å². The number of hydrogen-bond donors (Lipinski definition) is 5. The Kier molecular flexibility index (Phi) is 9.68. The number of carbonyl (C=O) groups excluding carboxylic acids is 3. The molecular formula is C18H27BClN5O3. The van der Waals surface area contributed by atoms with E-state index >= 15 is 0 Å². The Morgan fingerprint density at radius 2 is 1.82 bits per heavy atom. The van der Waals surface area contributed by atoms with Gasteiger partial charge in [-0.1, -0.05) is 37.6 Å². The summed E-state index contributed by atoms with van der Waals surface area (Å²) in [6, 6.07) is 4.98. The van der Waals surface area contributed by atoms with Gasteiger partial charge in [-0.15, -0.1) is 0 Å². The molecule has 0 bridgehead atoms. The Balaban J connectivity index is 2.39. The molecule has 152 valence electrons. The van der Waals surface area contributed by atoms with E-state index in [2.05, 4.69) is 21.2 Å². The quantitative estimate of drug-likeness (QED) is 0.237. The van der Waals surface area contributed by atoms with Crippen LogP contribution in [0.1, 0.15) is 31.4 Å². The second-order valence-electron chi connectivity index (χ2n) is 6.73. The molecule has 0 radical (unpaired) electrons. The molecule has 1 atom stereocenters. The van der Waals surface area contributed by atoms with E-state index in [1.807, 2.05) is 26.8 Å². The fourth-order valence-corrected chi connectivity index (χ4v) is 2.93. The van der Waals surface area contributed by atoms with Crippen LogP contribution < -0.4 is 21.2 Å². The Labute approximate surface area is 171 Å². The molecule has 8 nitrogen and oxygen atoms in total. The summed E-state index contributed by atoms with van der Waals surface area (Å²) in [6.07, 6.45) is -0.0113. The zero-order valence-corrected chi connectivity index (χ0v) is 17.4. The van der Waals surface area contributed by atoms with Crippen molar-refractivity contribution >= 4 is 43.3 Å². The highest BCUT2D eigenvalue weighted by Crippen LogP contribution is 2.19. The lowest BCUT2D eigenvalue weighted by molar-refractivity contribution is -0.124. The maximum atomic E-state index is 12.1. The molecule has 0 spiro atoms. The van der Waals surface area contributed by atoms with Crippen LogP contribution >= 0.6 is 11.6 Å². The van der Waals surface area contributed by atoms with Gasteiger partial charge < -0.3 is 10.5 Å². The summed E-state index contributed by atoms with van der Waals surface area (Å²) in [5.74, 6) is -1.43. The van der Waals surface area contributed by atoms with Crippen LogP contribution in [0, 0.1) is 18.3 Å². The van der Waals surface area contributed by atoms with E-state index in [4.69, 9.17) is 17.0 Å². The fraction of sp³-hybridized carbons (Fsp3) is 0.444. The Hall–Kier alpha value is -2.39. The minimum Gasteiger partial charge on any atom is -0.354 e. The Morgan fingerprint density at radius 1 is 1.18 bits per heavy atom. The van der Waals surface area contributed by atoms with Gasteiger partial charge >= 0.3 is 0 Å². The van der Waals surface area contributed by atoms with Crippen LogP contribution in [0.2, 0.25) is 5.02 Å². The first-order chi connectivity index (χ1) is 13.1. The average Bonchev–Trinajstić information content (AvgIpc) is 2.58. The van der Waals surface area contributed by atoms with Gasteiger partial charge in [0.1, 0.15) is 0 Å². The first-order valence-electron chi connectivity index (χ1n) is 9.02. The lowest BCUT2D eigenvalue weighted by atomic mass is 10.0. The smallest absolute Gasteiger partial charge is 0.236 e. The molecule has 1 aromatic rings. The molecule has 3 amide bonds. The number of hydrogen-bond acceptors (Lipinski definition) is 5. The van der Waals surface area contributed by atoms with Gasteiger partial charge in [-0.25, -0.2) is 0 Å². The van der Waals surface area contributed by atoms with Crippen LogP contribution in [0.15, 0.2) is 18.2 Å². The van der Waals surface area contributed by atoms with Crippen molar-refractivity contribution < 1.29 is 14.4 Å². The maximum absolute atomic E-state index is 12.1. The van der Waals surface area contributed by atoms with Gasteiger partial charge in [0.2, 0.25) is 23.7 Å². The van der Waals surface area contributed by atoms with E-state index in [-0.39, 0.29) is 37.3 Å². The number of carbonyl (C=O) groups is 3. The lowest BCUT2D eigenvalue weighted by Gasteiger charge is -2.19. The zero-order chi connectivity index (χ0) is 21.3. The first-order valence-corrected chi connectivity index (χ1v) is 9.40. The molecule has 0 saturated heterocycles. The number of guanidine groups is 1. The lowest BCUT2D eigenvalue weighted by Crippen LogP contribution is -2.48. The van der Waals surface area contributed by atoms with Gasteiger partial charge in [-0.2, -0.15) is 0 Å². The van der Waals surface area contributed by atoms with Gasteiger partial charge in [-0.05, 0) is 30.0 Å². The van der Waals surface area contributed by atoms with Crippen molar-refractivity contribution in [3.8, 4) is 0 Å². The van der Waals surface area contributed by atoms with Crippen LogP contribution in [0.3, 0.4) is 0 Å². The summed E-state index contributed by atoms with van der Waals surface area (Å²) in [6.45, 7) is 5.81. The summed E-state index contributed by atoms with van der Waals surface area (Å²) >= 11 is 6.09. The zero-order valence-electron chi connectivity index (χ0n) is 16.6. The normalized spacial score (nSPS) is 11.6. The summed E-state index contributed by atoms with van der Waals surface area (Å²) in [5.41, 5.74) is 1.54. The third-order valence-corrected chi connectivity index (χ3v) is 4.48. The van der Waals surface area contributed by atoms with E-state index < -0.39 is 17.8 Å². The summed E-state index contributed by atoms with van der Waals surface area (Å²) in [7, 11) is 1.70. The maximum Gasteiger partial charge on any atom is 0.236 e. The SMILES string of the molecule is BN[C@H](C(=O)NCCC(=O)NC(=N)NC(=O)Cc1c(C)cccc1Cl)C(C)C.